The van der Waals surface area contributed by atoms with Crippen LogP contribution < -0.4 is 9.47 Å². The predicted octanol–water partition coefficient (Wildman–Crippen LogP) is 3.77. The van der Waals surface area contributed by atoms with Crippen LogP contribution in [0.25, 0.3) is 0 Å². The molecule has 0 amide bonds. The standard InChI is InChI=1S/C15H15NO2S/c1-3-12-5-6-13(19-12)10-18-14-7-4-11(9-16)8-15(14)17-2/h4-8H,3,10H2,1-2H3. The molecule has 0 N–H and O–H groups in total. The fourth-order valence-corrected chi connectivity index (χ4v) is 2.57. The van der Waals surface area contributed by atoms with Gasteiger partial charge in [-0.1, -0.05) is 6.92 Å². The monoisotopic (exact) mass is 273 g/mol. The maximum Gasteiger partial charge on any atom is 0.162 e. The van der Waals surface area contributed by atoms with E-state index in [1.54, 1.807) is 36.6 Å². The van der Waals surface area contributed by atoms with E-state index >= 15 is 0 Å². The summed E-state index contributed by atoms with van der Waals surface area (Å²) < 4.78 is 11.0. The van der Waals surface area contributed by atoms with Gasteiger partial charge in [0.05, 0.1) is 18.7 Å². The van der Waals surface area contributed by atoms with Crippen LogP contribution in [0.5, 0.6) is 11.5 Å². The van der Waals surface area contributed by atoms with E-state index in [4.69, 9.17) is 14.7 Å². The van der Waals surface area contributed by atoms with E-state index in [1.807, 2.05) is 0 Å². The zero-order chi connectivity index (χ0) is 13.7. The molecule has 0 saturated carbocycles. The second-order valence-corrected chi connectivity index (χ2v) is 5.24. The molecule has 0 aliphatic carbocycles. The number of nitrogens with zero attached hydrogens (tertiary/aromatic N) is 1. The first kappa shape index (κ1) is 13.4. The zero-order valence-electron chi connectivity index (χ0n) is 11.0. The van der Waals surface area contributed by atoms with Gasteiger partial charge in [-0.3, -0.25) is 0 Å². The first-order valence-corrected chi connectivity index (χ1v) is 6.87. The molecular formula is C15H15NO2S. The average molecular weight is 273 g/mol. The largest absolute Gasteiger partial charge is 0.493 e. The summed E-state index contributed by atoms with van der Waals surface area (Å²) in [6, 6.07) is 11.5. The van der Waals surface area contributed by atoms with Gasteiger partial charge in [-0.2, -0.15) is 5.26 Å². The highest BCUT2D eigenvalue weighted by Crippen LogP contribution is 2.29. The van der Waals surface area contributed by atoms with Crippen molar-refractivity contribution < 1.29 is 9.47 Å². The summed E-state index contributed by atoms with van der Waals surface area (Å²) in [5.41, 5.74) is 0.564. The summed E-state index contributed by atoms with van der Waals surface area (Å²) in [4.78, 5) is 2.54. The maximum absolute atomic E-state index is 8.84. The Hall–Kier alpha value is -1.99. The summed E-state index contributed by atoms with van der Waals surface area (Å²) in [6.07, 6.45) is 1.05. The van der Waals surface area contributed by atoms with E-state index in [9.17, 15) is 0 Å². The molecule has 1 heterocycles. The van der Waals surface area contributed by atoms with Crippen molar-refractivity contribution in [1.29, 1.82) is 5.26 Å². The molecule has 0 spiro atoms. The quantitative estimate of drug-likeness (QED) is 0.832. The van der Waals surface area contributed by atoms with Gasteiger partial charge in [-0.05, 0) is 30.7 Å². The van der Waals surface area contributed by atoms with Crippen LogP contribution in [-0.2, 0) is 13.0 Å². The third-order valence-corrected chi connectivity index (χ3v) is 3.93. The first-order valence-electron chi connectivity index (χ1n) is 6.05. The number of hydrogen-bond acceptors (Lipinski definition) is 4. The Morgan fingerprint density at radius 1 is 1.16 bits per heavy atom. The molecule has 98 valence electrons. The minimum atomic E-state index is 0.521. The molecule has 0 saturated heterocycles. The van der Waals surface area contributed by atoms with Crippen LogP contribution in [0.15, 0.2) is 30.3 Å². The van der Waals surface area contributed by atoms with Gasteiger partial charge in [0.1, 0.15) is 6.61 Å². The van der Waals surface area contributed by atoms with Crippen molar-refractivity contribution in [1.82, 2.24) is 0 Å². The number of nitriles is 1. The molecule has 2 aromatic rings. The average Bonchev–Trinajstić information content (AvgIpc) is 2.92. The molecule has 2 rings (SSSR count). The van der Waals surface area contributed by atoms with Crippen LogP contribution in [0, 0.1) is 11.3 Å². The molecular weight excluding hydrogens is 258 g/mol. The predicted molar refractivity (Wildman–Crippen MR) is 75.7 cm³/mol. The number of ether oxygens (including phenoxy) is 2. The number of methoxy groups -OCH3 is 1. The minimum Gasteiger partial charge on any atom is -0.493 e. The molecule has 1 aromatic carbocycles. The van der Waals surface area contributed by atoms with Gasteiger partial charge in [0.15, 0.2) is 11.5 Å². The Kier molecular flexibility index (Phi) is 4.43. The molecule has 3 nitrogen and oxygen atoms in total. The molecule has 4 heteroatoms. The Balaban J connectivity index is 2.08. The van der Waals surface area contributed by atoms with Crippen molar-refractivity contribution in [3.8, 4) is 17.6 Å². The molecule has 1 aromatic heterocycles. The highest BCUT2D eigenvalue weighted by atomic mass is 32.1. The van der Waals surface area contributed by atoms with E-state index in [0.717, 1.165) is 6.42 Å². The van der Waals surface area contributed by atoms with Gasteiger partial charge in [0.2, 0.25) is 0 Å². The number of hydrogen-bond donors (Lipinski definition) is 0. The third-order valence-electron chi connectivity index (χ3n) is 2.73. The lowest BCUT2D eigenvalue weighted by Gasteiger charge is -2.09. The molecule has 19 heavy (non-hydrogen) atoms. The summed E-state index contributed by atoms with van der Waals surface area (Å²) in [7, 11) is 1.57. The first-order chi connectivity index (χ1) is 9.26. The highest BCUT2D eigenvalue weighted by molar-refractivity contribution is 7.11. The molecule has 0 unspecified atom stereocenters. The Bertz CT molecular complexity index is 598. The van der Waals surface area contributed by atoms with Crippen molar-refractivity contribution in [2.24, 2.45) is 0 Å². The van der Waals surface area contributed by atoms with Crippen LogP contribution in [0.3, 0.4) is 0 Å². The van der Waals surface area contributed by atoms with E-state index in [2.05, 4.69) is 25.1 Å². The van der Waals surface area contributed by atoms with Gasteiger partial charge in [-0.15, -0.1) is 11.3 Å². The van der Waals surface area contributed by atoms with Crippen molar-refractivity contribution in [3.63, 3.8) is 0 Å². The van der Waals surface area contributed by atoms with E-state index in [1.165, 1.54) is 9.75 Å². The normalized spacial score (nSPS) is 9.95. The lowest BCUT2D eigenvalue weighted by molar-refractivity contribution is 0.287. The van der Waals surface area contributed by atoms with Gasteiger partial charge >= 0.3 is 0 Å². The van der Waals surface area contributed by atoms with Crippen LogP contribution in [0.1, 0.15) is 22.2 Å². The summed E-state index contributed by atoms with van der Waals surface area (Å²) in [5, 5.41) is 8.84. The van der Waals surface area contributed by atoms with Crippen LogP contribution in [-0.4, -0.2) is 7.11 Å². The lowest BCUT2D eigenvalue weighted by atomic mass is 10.2. The maximum atomic E-state index is 8.84. The van der Waals surface area contributed by atoms with Crippen molar-refractivity contribution >= 4 is 11.3 Å². The lowest BCUT2D eigenvalue weighted by Crippen LogP contribution is -1.96. The molecule has 0 radical (unpaired) electrons. The molecule has 0 fully saturated rings. The number of benzene rings is 1. The van der Waals surface area contributed by atoms with Crippen LogP contribution >= 0.6 is 11.3 Å². The van der Waals surface area contributed by atoms with Crippen LogP contribution in [0.4, 0.5) is 0 Å². The van der Waals surface area contributed by atoms with E-state index < -0.39 is 0 Å². The highest BCUT2D eigenvalue weighted by Gasteiger charge is 2.07. The Labute approximate surface area is 117 Å². The molecule has 0 bridgehead atoms. The van der Waals surface area contributed by atoms with Gasteiger partial charge in [0, 0.05) is 15.8 Å². The minimum absolute atomic E-state index is 0.521. The number of aryl methyl sites for hydroxylation is 1. The molecule has 0 atom stereocenters. The second kappa shape index (κ2) is 6.26. The van der Waals surface area contributed by atoms with Gasteiger partial charge in [-0.25, -0.2) is 0 Å². The fourth-order valence-electron chi connectivity index (χ4n) is 1.70. The summed E-state index contributed by atoms with van der Waals surface area (Å²) in [5.74, 6) is 1.25. The topological polar surface area (TPSA) is 42.2 Å². The van der Waals surface area contributed by atoms with Gasteiger partial charge < -0.3 is 9.47 Å². The second-order valence-electron chi connectivity index (χ2n) is 3.99. The van der Waals surface area contributed by atoms with E-state index in [0.29, 0.717) is 23.7 Å². The Morgan fingerprint density at radius 3 is 2.58 bits per heavy atom. The van der Waals surface area contributed by atoms with E-state index in [-0.39, 0.29) is 0 Å². The fraction of sp³-hybridized carbons (Fsp3) is 0.267. The summed E-state index contributed by atoms with van der Waals surface area (Å²) in [6.45, 7) is 2.66. The smallest absolute Gasteiger partial charge is 0.162 e. The van der Waals surface area contributed by atoms with Crippen molar-refractivity contribution in [3.05, 3.63) is 45.6 Å². The van der Waals surface area contributed by atoms with Crippen molar-refractivity contribution in [2.75, 3.05) is 7.11 Å². The number of thiophene rings is 1. The SMILES string of the molecule is CCc1ccc(COc2ccc(C#N)cc2OC)s1. The molecule has 0 aliphatic rings. The molecule has 0 aliphatic heterocycles. The zero-order valence-corrected chi connectivity index (χ0v) is 11.8. The number of rotatable bonds is 5. The van der Waals surface area contributed by atoms with Crippen molar-refractivity contribution in [2.45, 2.75) is 20.0 Å². The summed E-state index contributed by atoms with van der Waals surface area (Å²) >= 11 is 1.76. The van der Waals surface area contributed by atoms with Crippen LogP contribution in [0.2, 0.25) is 0 Å². The van der Waals surface area contributed by atoms with Gasteiger partial charge in [0.25, 0.3) is 0 Å². The third kappa shape index (κ3) is 3.27. The Morgan fingerprint density at radius 2 is 1.95 bits per heavy atom.